The number of hydrogen-bond acceptors (Lipinski definition) is 11. The second-order valence-electron chi connectivity index (χ2n) is 14.4. The van der Waals surface area contributed by atoms with Gasteiger partial charge >= 0.3 is 0 Å². The van der Waals surface area contributed by atoms with Crippen molar-refractivity contribution in [3.63, 3.8) is 0 Å². The number of nitrogens with one attached hydrogen (secondary N) is 10. The minimum Gasteiger partial charge on any atom is -0.354 e. The number of hydrogen-bond donors (Lipinski definition) is 10. The van der Waals surface area contributed by atoms with E-state index in [1.165, 1.54) is 4.90 Å². The molecule has 1 aliphatic carbocycles. The highest BCUT2D eigenvalue weighted by Crippen LogP contribution is 2.33. The molecule has 1 saturated carbocycles. The zero-order chi connectivity index (χ0) is 43.0. The number of amides is 11. The monoisotopic (exact) mass is 825 g/mol. The van der Waals surface area contributed by atoms with Gasteiger partial charge in [-0.25, -0.2) is 0 Å². The van der Waals surface area contributed by atoms with E-state index >= 15 is 0 Å². The molecular weight excluding hydrogens is 774 g/mol. The average Bonchev–Trinajstić information content (AvgIpc) is 3.70. The maximum absolute atomic E-state index is 13.4. The molecule has 2 saturated heterocycles. The topological polar surface area (TPSA) is 311 Å². The number of carbonyl (C=O) groups excluding carboxylic acids is 11. The van der Waals surface area contributed by atoms with Crippen LogP contribution >= 0.6 is 0 Å². The van der Waals surface area contributed by atoms with Crippen molar-refractivity contribution < 1.29 is 52.7 Å². The summed E-state index contributed by atoms with van der Waals surface area (Å²) in [4.78, 5) is 141. The van der Waals surface area contributed by atoms with Crippen molar-refractivity contribution in [2.75, 3.05) is 58.9 Å². The van der Waals surface area contributed by atoms with Crippen molar-refractivity contribution in [2.45, 2.75) is 69.5 Å². The fourth-order valence-corrected chi connectivity index (χ4v) is 6.34. The van der Waals surface area contributed by atoms with Gasteiger partial charge in [-0.2, -0.15) is 0 Å². The predicted molar refractivity (Wildman–Crippen MR) is 205 cm³/mol. The molecule has 2 atom stereocenters. The summed E-state index contributed by atoms with van der Waals surface area (Å²) in [7, 11) is 0. The lowest BCUT2D eigenvalue weighted by molar-refractivity contribution is -0.143. The molecule has 2 aliphatic heterocycles. The number of fused-ring (bicyclic) bond motifs is 1. The van der Waals surface area contributed by atoms with Crippen molar-refractivity contribution in [3.8, 4) is 0 Å². The Morgan fingerprint density at radius 1 is 0.576 bits per heavy atom. The van der Waals surface area contributed by atoms with E-state index < -0.39 is 128 Å². The van der Waals surface area contributed by atoms with Gasteiger partial charge in [0, 0.05) is 25.9 Å². The zero-order valence-electron chi connectivity index (χ0n) is 32.7. The van der Waals surface area contributed by atoms with Gasteiger partial charge in [0.25, 0.3) is 0 Å². The molecule has 2 unspecified atom stereocenters. The molecule has 2 heterocycles. The lowest BCUT2D eigenvalue weighted by atomic mass is 9.75. The second kappa shape index (κ2) is 21.8. The zero-order valence-corrected chi connectivity index (χ0v) is 32.7. The molecule has 1 spiro atoms. The first-order chi connectivity index (χ1) is 28.1. The minimum atomic E-state index is -1.29. The van der Waals surface area contributed by atoms with Crippen molar-refractivity contribution >= 4 is 65.0 Å². The van der Waals surface area contributed by atoms with Gasteiger partial charge in [0.05, 0.1) is 45.8 Å². The van der Waals surface area contributed by atoms with Crippen LogP contribution in [0.15, 0.2) is 24.3 Å². The molecule has 320 valence electrons. The van der Waals surface area contributed by atoms with E-state index in [1.807, 2.05) is 19.1 Å². The molecule has 22 heteroatoms. The van der Waals surface area contributed by atoms with Crippen LogP contribution in [0, 0.1) is 6.92 Å². The van der Waals surface area contributed by atoms with E-state index in [4.69, 9.17) is 0 Å². The number of benzene rings is 1. The Morgan fingerprint density at radius 2 is 1.10 bits per heavy atom. The summed E-state index contributed by atoms with van der Waals surface area (Å²) in [6.07, 6.45) is 1.86. The van der Waals surface area contributed by atoms with Crippen LogP contribution in [0.2, 0.25) is 0 Å². The van der Waals surface area contributed by atoms with Crippen molar-refractivity contribution in [3.05, 3.63) is 35.4 Å². The van der Waals surface area contributed by atoms with Gasteiger partial charge in [-0.1, -0.05) is 29.8 Å². The van der Waals surface area contributed by atoms with Gasteiger partial charge < -0.3 is 58.1 Å². The number of aryl methyl sites for hydroxylation is 1. The highest BCUT2D eigenvalue weighted by molar-refractivity contribution is 5.98. The van der Waals surface area contributed by atoms with E-state index in [0.29, 0.717) is 37.7 Å². The summed E-state index contributed by atoms with van der Waals surface area (Å²) in [6.45, 7) is -1.64. The SMILES string of the molecule is Cc1ccc(CC2NC(=O)CNC(=O)CNC(=O)CNC(=O)CNC(=O)CCNC(=O)CNC(=O)C3(CCC3)NC(=O)C3CCCN3C(=O)CNC(=O)CNC2=O)cc1. The van der Waals surface area contributed by atoms with Crippen LogP contribution in [-0.4, -0.2) is 146 Å². The summed E-state index contributed by atoms with van der Waals surface area (Å²) in [5.74, 6) is -7.34. The van der Waals surface area contributed by atoms with Crippen LogP contribution in [0.3, 0.4) is 0 Å². The second-order valence-corrected chi connectivity index (χ2v) is 14.4. The number of rotatable bonds is 2. The summed E-state index contributed by atoms with van der Waals surface area (Å²) in [5, 5.41) is 24.3. The van der Waals surface area contributed by atoms with E-state index in [0.717, 1.165) is 5.56 Å². The summed E-state index contributed by atoms with van der Waals surface area (Å²) in [5.41, 5.74) is 0.352. The fraction of sp³-hybridized carbons (Fsp3) is 0.541. The van der Waals surface area contributed by atoms with Crippen LogP contribution in [0.4, 0.5) is 0 Å². The Morgan fingerprint density at radius 3 is 1.69 bits per heavy atom. The third kappa shape index (κ3) is 14.4. The van der Waals surface area contributed by atoms with E-state index in [-0.39, 0.29) is 25.9 Å². The highest BCUT2D eigenvalue weighted by Gasteiger charge is 2.47. The maximum Gasteiger partial charge on any atom is 0.246 e. The summed E-state index contributed by atoms with van der Waals surface area (Å²) < 4.78 is 0. The lowest BCUT2D eigenvalue weighted by Crippen LogP contribution is -2.65. The molecular formula is C37H51N11O11. The number of carbonyl (C=O) groups is 11. The molecule has 0 radical (unpaired) electrons. The van der Waals surface area contributed by atoms with Gasteiger partial charge in [-0.3, -0.25) is 52.7 Å². The molecule has 59 heavy (non-hydrogen) atoms. The summed E-state index contributed by atoms with van der Waals surface area (Å²) in [6, 6.07) is 5.05. The Hall–Kier alpha value is -6.61. The third-order valence-electron chi connectivity index (χ3n) is 9.82. The molecule has 4 rings (SSSR count). The van der Waals surface area contributed by atoms with Gasteiger partial charge in [0.1, 0.15) is 17.6 Å². The van der Waals surface area contributed by atoms with E-state index in [1.54, 1.807) is 12.1 Å². The highest BCUT2D eigenvalue weighted by atomic mass is 16.2. The van der Waals surface area contributed by atoms with Crippen LogP contribution in [0.1, 0.15) is 49.7 Å². The smallest absolute Gasteiger partial charge is 0.246 e. The van der Waals surface area contributed by atoms with Gasteiger partial charge in [-0.15, -0.1) is 0 Å². The molecule has 0 aromatic heterocycles. The summed E-state index contributed by atoms with van der Waals surface area (Å²) >= 11 is 0. The van der Waals surface area contributed by atoms with Gasteiger partial charge in [0.2, 0.25) is 65.0 Å². The van der Waals surface area contributed by atoms with E-state index in [2.05, 4.69) is 53.2 Å². The molecule has 3 fully saturated rings. The molecule has 0 bridgehead atoms. The molecule has 11 amide bonds. The largest absolute Gasteiger partial charge is 0.354 e. The first-order valence-corrected chi connectivity index (χ1v) is 19.3. The molecule has 22 nitrogen and oxygen atoms in total. The van der Waals surface area contributed by atoms with Crippen LogP contribution in [0.5, 0.6) is 0 Å². The fourth-order valence-electron chi connectivity index (χ4n) is 6.34. The first kappa shape index (κ1) is 45.1. The van der Waals surface area contributed by atoms with Crippen molar-refractivity contribution in [1.29, 1.82) is 0 Å². The Labute approximate surface area is 339 Å². The lowest BCUT2D eigenvalue weighted by Gasteiger charge is -2.41. The maximum atomic E-state index is 13.4. The van der Waals surface area contributed by atoms with Gasteiger partial charge in [-0.05, 0) is 44.6 Å². The van der Waals surface area contributed by atoms with Crippen LogP contribution in [0.25, 0.3) is 0 Å². The number of nitrogens with zero attached hydrogens (tertiary/aromatic N) is 1. The quantitative estimate of drug-likeness (QED) is 0.134. The molecule has 1 aromatic rings. The Balaban J connectivity index is 1.40. The van der Waals surface area contributed by atoms with Crippen molar-refractivity contribution in [2.24, 2.45) is 0 Å². The third-order valence-corrected chi connectivity index (χ3v) is 9.82. The average molecular weight is 826 g/mol. The molecule has 3 aliphatic rings. The molecule has 1 aromatic carbocycles. The van der Waals surface area contributed by atoms with E-state index in [9.17, 15) is 52.7 Å². The minimum absolute atomic E-state index is 0.0219. The molecule has 10 N–H and O–H groups in total. The Kier molecular flexibility index (Phi) is 16.7. The normalized spacial score (nSPS) is 23.2. The van der Waals surface area contributed by atoms with Crippen LogP contribution in [-0.2, 0) is 59.2 Å². The van der Waals surface area contributed by atoms with Gasteiger partial charge in [0.15, 0.2) is 0 Å². The van der Waals surface area contributed by atoms with Crippen molar-refractivity contribution in [1.82, 2.24) is 58.1 Å². The standard InChI is InChI=1S/C37H51N11O11/c1-22-5-7-23(8-6-22)14-24-34(57)44-18-31(54)43-21-33(56)48-13-2-4-25(48)35(58)47-37(10-3-11-37)36(59)45-19-27(50)38-12-9-26(49)39-15-28(51)40-16-29(52)41-17-30(53)42-20-32(55)46-24/h5-8,24-25H,2-4,9-21H2,1H3,(H,38,50)(H,39,49)(H,40,51)(H,41,52)(H,42,53)(H,43,54)(H,44,57)(H,45,59)(H,46,55)(H,47,58). The Bertz CT molecular complexity index is 1800. The van der Waals surface area contributed by atoms with Crippen LogP contribution < -0.4 is 53.2 Å². The predicted octanol–water partition coefficient (Wildman–Crippen LogP) is -5.61. The first-order valence-electron chi connectivity index (χ1n) is 19.3.